The Bertz CT molecular complexity index is 1120. The molecule has 0 bridgehead atoms. The van der Waals surface area contributed by atoms with Gasteiger partial charge < -0.3 is 19.5 Å². The van der Waals surface area contributed by atoms with Crippen LogP contribution in [0, 0.1) is 0 Å². The molecule has 1 saturated carbocycles. The minimum absolute atomic E-state index is 0.00805. The van der Waals surface area contributed by atoms with Gasteiger partial charge in [-0.25, -0.2) is 4.79 Å². The molecule has 2 heterocycles. The summed E-state index contributed by atoms with van der Waals surface area (Å²) < 4.78 is 17.1. The van der Waals surface area contributed by atoms with Gasteiger partial charge in [-0.2, -0.15) is 5.10 Å². The number of rotatable bonds is 6. The van der Waals surface area contributed by atoms with Gasteiger partial charge in [0.05, 0.1) is 33.6 Å². The van der Waals surface area contributed by atoms with Crippen LogP contribution in [0.1, 0.15) is 72.8 Å². The van der Waals surface area contributed by atoms with Gasteiger partial charge in [-0.05, 0) is 19.8 Å². The maximum atomic E-state index is 13.9. The molecule has 0 saturated heterocycles. The molecule has 4 rings (SSSR count). The lowest BCUT2D eigenvalue weighted by atomic mass is 9.91. The SMILES string of the molecule is COC(=O)c1cc2n(n1)C[C@@](C)(C(=O)NC1CCCCCCC1)N(c1cc(OC)cc(OC)c1)C2=O. The van der Waals surface area contributed by atoms with E-state index in [-0.39, 0.29) is 29.9 Å². The van der Waals surface area contributed by atoms with Crippen LogP contribution in [-0.4, -0.2) is 60.5 Å². The zero-order valence-electron chi connectivity index (χ0n) is 21.3. The van der Waals surface area contributed by atoms with E-state index >= 15 is 0 Å². The van der Waals surface area contributed by atoms with E-state index in [1.807, 2.05) is 0 Å². The molecular weight excluding hydrogens is 464 g/mol. The molecule has 1 aliphatic heterocycles. The van der Waals surface area contributed by atoms with Gasteiger partial charge in [-0.15, -0.1) is 0 Å². The van der Waals surface area contributed by atoms with Crippen molar-refractivity contribution in [1.82, 2.24) is 15.1 Å². The summed E-state index contributed by atoms with van der Waals surface area (Å²) in [6.07, 6.45) is 7.47. The summed E-state index contributed by atoms with van der Waals surface area (Å²) in [4.78, 5) is 41.4. The first-order valence-corrected chi connectivity index (χ1v) is 12.4. The fourth-order valence-electron chi connectivity index (χ4n) is 5.05. The van der Waals surface area contributed by atoms with Crippen LogP contribution in [0.2, 0.25) is 0 Å². The van der Waals surface area contributed by atoms with Gasteiger partial charge >= 0.3 is 5.97 Å². The van der Waals surface area contributed by atoms with Crippen LogP contribution in [0.25, 0.3) is 0 Å². The van der Waals surface area contributed by atoms with E-state index in [1.165, 1.54) is 43.4 Å². The summed E-state index contributed by atoms with van der Waals surface area (Å²) in [5.41, 5.74) is -0.691. The Morgan fingerprint density at radius 2 is 1.58 bits per heavy atom. The van der Waals surface area contributed by atoms with E-state index in [0.29, 0.717) is 17.2 Å². The molecule has 10 nitrogen and oxygen atoms in total. The van der Waals surface area contributed by atoms with Crippen molar-refractivity contribution in [3.63, 3.8) is 0 Å². The van der Waals surface area contributed by atoms with Crippen molar-refractivity contribution in [2.45, 2.75) is 70.0 Å². The highest BCUT2D eigenvalue weighted by atomic mass is 16.5. The Kier molecular flexibility index (Phi) is 7.51. The quantitative estimate of drug-likeness (QED) is 0.608. The Morgan fingerprint density at radius 3 is 2.17 bits per heavy atom. The molecule has 0 unspecified atom stereocenters. The van der Waals surface area contributed by atoms with Crippen molar-refractivity contribution in [1.29, 1.82) is 0 Å². The molecule has 0 radical (unpaired) electrons. The maximum Gasteiger partial charge on any atom is 0.358 e. The number of fused-ring (bicyclic) bond motifs is 1. The Hall–Kier alpha value is -3.56. The summed E-state index contributed by atoms with van der Waals surface area (Å²) in [6, 6.07) is 6.51. The van der Waals surface area contributed by atoms with Crippen LogP contribution in [0.5, 0.6) is 11.5 Å². The predicted octanol–water partition coefficient (Wildman–Crippen LogP) is 3.34. The first-order valence-electron chi connectivity index (χ1n) is 12.4. The van der Waals surface area contributed by atoms with Crippen molar-refractivity contribution in [3.05, 3.63) is 35.7 Å². The number of hydrogen-bond acceptors (Lipinski definition) is 7. The van der Waals surface area contributed by atoms with Crippen molar-refractivity contribution in [2.75, 3.05) is 26.2 Å². The standard InChI is InChI=1S/C26H34N4O6/c1-26(25(33)27-17-10-8-6-5-7-9-11-17)16-29-22(15-21(28-29)24(32)36-4)23(31)30(26)18-12-19(34-2)14-20(13-18)35-3/h12-15,17H,5-11,16H2,1-4H3,(H,27,33)/t26-/m0/s1. The highest BCUT2D eigenvalue weighted by molar-refractivity contribution is 6.12. The fraction of sp³-hybridized carbons (Fsp3) is 0.538. The molecule has 1 atom stereocenters. The van der Waals surface area contributed by atoms with Gasteiger partial charge in [0.25, 0.3) is 5.91 Å². The Balaban J connectivity index is 1.77. The number of hydrogen-bond donors (Lipinski definition) is 1. The molecule has 2 aliphatic rings. The van der Waals surface area contributed by atoms with E-state index in [0.717, 1.165) is 38.5 Å². The van der Waals surface area contributed by atoms with Crippen molar-refractivity contribution in [3.8, 4) is 11.5 Å². The molecule has 2 aromatic rings. The Labute approximate surface area is 210 Å². The molecule has 2 amide bonds. The summed E-state index contributed by atoms with van der Waals surface area (Å²) >= 11 is 0. The van der Waals surface area contributed by atoms with Crippen LogP contribution >= 0.6 is 0 Å². The number of aromatic nitrogens is 2. The number of amides is 2. The van der Waals surface area contributed by atoms with Crippen LogP contribution in [-0.2, 0) is 16.1 Å². The molecule has 1 aliphatic carbocycles. The second-order valence-corrected chi connectivity index (χ2v) is 9.56. The fourth-order valence-corrected chi connectivity index (χ4v) is 5.05. The average molecular weight is 499 g/mol. The summed E-state index contributed by atoms with van der Waals surface area (Å²) in [6.45, 7) is 1.78. The predicted molar refractivity (Wildman–Crippen MR) is 133 cm³/mol. The third-order valence-corrected chi connectivity index (χ3v) is 7.07. The van der Waals surface area contributed by atoms with Gasteiger partial charge in [0.1, 0.15) is 22.7 Å². The van der Waals surface area contributed by atoms with E-state index in [1.54, 1.807) is 25.1 Å². The number of carbonyl (C=O) groups excluding carboxylic acids is 3. The first kappa shape index (κ1) is 25.5. The lowest BCUT2D eigenvalue weighted by Crippen LogP contribution is -2.65. The van der Waals surface area contributed by atoms with E-state index < -0.39 is 17.4 Å². The maximum absolute atomic E-state index is 13.9. The van der Waals surface area contributed by atoms with Crippen molar-refractivity contribution in [2.24, 2.45) is 0 Å². The number of anilines is 1. The van der Waals surface area contributed by atoms with Gasteiger partial charge in [0, 0.05) is 30.3 Å². The van der Waals surface area contributed by atoms with Gasteiger partial charge in [0.15, 0.2) is 5.69 Å². The normalized spacial score (nSPS) is 20.7. The lowest BCUT2D eigenvalue weighted by Gasteiger charge is -2.44. The van der Waals surface area contributed by atoms with Crippen LogP contribution in [0.4, 0.5) is 5.69 Å². The molecule has 10 heteroatoms. The minimum atomic E-state index is -1.33. The topological polar surface area (TPSA) is 112 Å². The number of ether oxygens (including phenoxy) is 3. The van der Waals surface area contributed by atoms with E-state index in [2.05, 4.69) is 10.4 Å². The highest BCUT2D eigenvalue weighted by Crippen LogP contribution is 2.37. The Morgan fingerprint density at radius 1 is 0.972 bits per heavy atom. The van der Waals surface area contributed by atoms with Gasteiger partial charge in [-0.1, -0.05) is 32.1 Å². The number of nitrogens with one attached hydrogen (secondary N) is 1. The molecule has 1 aromatic heterocycles. The summed E-state index contributed by atoms with van der Waals surface area (Å²) in [7, 11) is 4.30. The monoisotopic (exact) mass is 498 g/mol. The molecule has 1 aromatic carbocycles. The molecule has 1 N–H and O–H groups in total. The minimum Gasteiger partial charge on any atom is -0.497 e. The number of methoxy groups -OCH3 is 3. The van der Waals surface area contributed by atoms with Crippen molar-refractivity contribution < 1.29 is 28.6 Å². The third kappa shape index (κ3) is 4.89. The molecule has 0 spiro atoms. The molecule has 1 fully saturated rings. The zero-order valence-corrected chi connectivity index (χ0v) is 21.3. The number of nitrogens with zero attached hydrogens (tertiary/aromatic N) is 3. The summed E-state index contributed by atoms with van der Waals surface area (Å²) in [5, 5.41) is 7.50. The molecular formula is C26H34N4O6. The van der Waals surface area contributed by atoms with Crippen LogP contribution < -0.4 is 19.7 Å². The van der Waals surface area contributed by atoms with Crippen LogP contribution in [0.15, 0.2) is 24.3 Å². The number of carbonyl (C=O) groups is 3. The second-order valence-electron chi connectivity index (χ2n) is 9.56. The van der Waals surface area contributed by atoms with Crippen molar-refractivity contribution >= 4 is 23.5 Å². The van der Waals surface area contributed by atoms with E-state index in [9.17, 15) is 14.4 Å². The first-order chi connectivity index (χ1) is 17.3. The number of benzene rings is 1. The summed E-state index contributed by atoms with van der Waals surface area (Å²) in [5.74, 6) is -0.429. The second kappa shape index (κ2) is 10.6. The molecule has 194 valence electrons. The van der Waals surface area contributed by atoms with Gasteiger partial charge in [-0.3, -0.25) is 19.2 Å². The highest BCUT2D eigenvalue weighted by Gasteiger charge is 2.49. The lowest BCUT2D eigenvalue weighted by molar-refractivity contribution is -0.127. The van der Waals surface area contributed by atoms with Crippen LogP contribution in [0.3, 0.4) is 0 Å². The average Bonchev–Trinajstić information content (AvgIpc) is 3.28. The number of esters is 1. The largest absolute Gasteiger partial charge is 0.497 e. The van der Waals surface area contributed by atoms with E-state index in [4.69, 9.17) is 14.2 Å². The molecule has 36 heavy (non-hydrogen) atoms. The smallest absolute Gasteiger partial charge is 0.358 e. The van der Waals surface area contributed by atoms with Gasteiger partial charge in [0.2, 0.25) is 5.91 Å². The zero-order chi connectivity index (χ0) is 25.9. The third-order valence-electron chi connectivity index (χ3n) is 7.07.